The van der Waals surface area contributed by atoms with Gasteiger partial charge in [-0.2, -0.15) is 4.31 Å². The lowest BCUT2D eigenvalue weighted by atomic mass is 10.1. The summed E-state index contributed by atoms with van der Waals surface area (Å²) in [4.78, 5) is 17.2. The minimum Gasteiger partial charge on any atom is -0.486 e. The van der Waals surface area contributed by atoms with Crippen LogP contribution in [0.1, 0.15) is 12.5 Å². The fourth-order valence-electron chi connectivity index (χ4n) is 4.67. The number of piperazine rings is 1. The number of rotatable bonds is 4. The average Bonchev–Trinajstić information content (AvgIpc) is 3.15. The Balaban J connectivity index is 1.22. The molecule has 0 saturated carbocycles. The molecule has 1 atom stereocenters. The summed E-state index contributed by atoms with van der Waals surface area (Å²) in [6, 6.07) is 12.9. The quantitative estimate of drug-likeness (QED) is 0.696. The lowest BCUT2D eigenvalue weighted by Gasteiger charge is -2.35. The summed E-state index contributed by atoms with van der Waals surface area (Å²) >= 11 is 0. The molecule has 5 rings (SSSR count). The van der Waals surface area contributed by atoms with Gasteiger partial charge in [-0.1, -0.05) is 18.2 Å². The Kier molecular flexibility index (Phi) is 5.56. The van der Waals surface area contributed by atoms with E-state index < -0.39 is 10.0 Å². The molecule has 32 heavy (non-hydrogen) atoms. The monoisotopic (exact) mass is 457 g/mol. The van der Waals surface area contributed by atoms with E-state index in [1.165, 1.54) is 15.9 Å². The third kappa shape index (κ3) is 3.85. The van der Waals surface area contributed by atoms with E-state index in [0.717, 1.165) is 12.1 Å². The molecule has 0 bridgehead atoms. The molecule has 0 radical (unpaired) electrons. The average molecular weight is 458 g/mol. The van der Waals surface area contributed by atoms with Gasteiger partial charge < -0.3 is 14.4 Å². The van der Waals surface area contributed by atoms with Gasteiger partial charge in [-0.15, -0.1) is 0 Å². The number of nitrogens with zero attached hydrogens (tertiary/aromatic N) is 3. The summed E-state index contributed by atoms with van der Waals surface area (Å²) in [5.74, 6) is 1.09. The van der Waals surface area contributed by atoms with E-state index in [-0.39, 0.29) is 23.4 Å². The standard InChI is InChI=1S/C23H27N3O5S/c1-17-14-18-4-2-3-5-20(18)26(17)23(27)16-24-8-10-25(11-9-24)32(28,29)19-6-7-21-22(15-19)31-13-12-30-21/h2-7,15,17H,8-14,16H2,1H3/t17-/m0/s1. The van der Waals surface area contributed by atoms with Gasteiger partial charge in [-0.3, -0.25) is 9.69 Å². The molecule has 3 aliphatic rings. The van der Waals surface area contributed by atoms with E-state index in [1.807, 2.05) is 28.0 Å². The zero-order chi connectivity index (χ0) is 22.3. The Bertz CT molecular complexity index is 1130. The van der Waals surface area contributed by atoms with E-state index in [0.29, 0.717) is 50.9 Å². The Morgan fingerprint density at radius 2 is 1.72 bits per heavy atom. The van der Waals surface area contributed by atoms with Crippen LogP contribution in [-0.2, 0) is 21.2 Å². The lowest BCUT2D eigenvalue weighted by molar-refractivity contribution is -0.120. The minimum absolute atomic E-state index is 0.0607. The van der Waals surface area contributed by atoms with Gasteiger partial charge in [0.2, 0.25) is 15.9 Å². The third-order valence-electron chi connectivity index (χ3n) is 6.32. The molecule has 8 nitrogen and oxygen atoms in total. The number of hydrogen-bond donors (Lipinski definition) is 0. The van der Waals surface area contributed by atoms with Gasteiger partial charge in [0.25, 0.3) is 0 Å². The number of anilines is 1. The Labute approximate surface area is 188 Å². The van der Waals surface area contributed by atoms with Gasteiger partial charge in [0.1, 0.15) is 13.2 Å². The van der Waals surface area contributed by atoms with Crippen LogP contribution in [0.4, 0.5) is 5.69 Å². The fraction of sp³-hybridized carbons (Fsp3) is 0.435. The van der Waals surface area contributed by atoms with Crippen molar-refractivity contribution in [1.29, 1.82) is 0 Å². The van der Waals surface area contributed by atoms with Gasteiger partial charge in [0.05, 0.1) is 11.4 Å². The van der Waals surface area contributed by atoms with Crippen molar-refractivity contribution in [3.8, 4) is 11.5 Å². The van der Waals surface area contributed by atoms with Crippen LogP contribution in [0.15, 0.2) is 47.4 Å². The molecular weight excluding hydrogens is 430 g/mol. The molecule has 0 N–H and O–H groups in total. The largest absolute Gasteiger partial charge is 0.486 e. The fourth-order valence-corrected chi connectivity index (χ4v) is 6.11. The molecule has 2 aromatic rings. The number of benzene rings is 2. The van der Waals surface area contributed by atoms with Gasteiger partial charge in [0, 0.05) is 44.0 Å². The minimum atomic E-state index is -3.64. The van der Waals surface area contributed by atoms with Crippen molar-refractivity contribution in [2.24, 2.45) is 0 Å². The second kappa shape index (κ2) is 8.38. The number of carbonyl (C=O) groups is 1. The van der Waals surface area contributed by atoms with Gasteiger partial charge in [0.15, 0.2) is 11.5 Å². The van der Waals surface area contributed by atoms with Crippen molar-refractivity contribution in [2.45, 2.75) is 24.3 Å². The summed E-state index contributed by atoms with van der Waals surface area (Å²) in [5.41, 5.74) is 2.19. The molecule has 9 heteroatoms. The molecule has 0 aliphatic carbocycles. The zero-order valence-corrected chi connectivity index (χ0v) is 18.9. The number of carbonyl (C=O) groups excluding carboxylic acids is 1. The second-order valence-electron chi connectivity index (χ2n) is 8.43. The normalized spacial score (nSPS) is 21.4. The van der Waals surface area contributed by atoms with Gasteiger partial charge in [-0.25, -0.2) is 8.42 Å². The maximum atomic E-state index is 13.1. The molecule has 3 heterocycles. The van der Waals surface area contributed by atoms with E-state index >= 15 is 0 Å². The van der Waals surface area contributed by atoms with Crippen LogP contribution < -0.4 is 14.4 Å². The van der Waals surface area contributed by atoms with Crippen LogP contribution in [0.2, 0.25) is 0 Å². The Morgan fingerprint density at radius 1 is 1.00 bits per heavy atom. The first-order chi connectivity index (χ1) is 15.4. The Hall–Kier alpha value is -2.62. The van der Waals surface area contributed by atoms with Crippen LogP contribution in [0, 0.1) is 0 Å². The highest BCUT2D eigenvalue weighted by Crippen LogP contribution is 2.34. The van der Waals surface area contributed by atoms with Crippen LogP contribution in [-0.4, -0.2) is 75.5 Å². The molecule has 0 unspecified atom stereocenters. The van der Waals surface area contributed by atoms with Gasteiger partial charge in [-0.05, 0) is 37.1 Å². The lowest BCUT2D eigenvalue weighted by Crippen LogP contribution is -2.52. The molecule has 170 valence electrons. The molecular formula is C23H27N3O5S. The number of ether oxygens (including phenoxy) is 2. The first kappa shape index (κ1) is 21.2. The predicted octanol–water partition coefficient (Wildman–Crippen LogP) is 1.74. The summed E-state index contributed by atoms with van der Waals surface area (Å²) in [7, 11) is -3.64. The van der Waals surface area contributed by atoms with Crippen molar-refractivity contribution in [3.05, 3.63) is 48.0 Å². The smallest absolute Gasteiger partial charge is 0.243 e. The number of hydrogen-bond acceptors (Lipinski definition) is 6. The molecule has 2 aromatic carbocycles. The number of sulfonamides is 1. The highest BCUT2D eigenvalue weighted by atomic mass is 32.2. The summed E-state index contributed by atoms with van der Waals surface area (Å²) in [6.45, 7) is 4.93. The van der Waals surface area contributed by atoms with Crippen molar-refractivity contribution in [2.75, 3.05) is 50.8 Å². The Morgan fingerprint density at radius 3 is 2.50 bits per heavy atom. The predicted molar refractivity (Wildman–Crippen MR) is 120 cm³/mol. The molecule has 3 aliphatic heterocycles. The summed E-state index contributed by atoms with van der Waals surface area (Å²) < 4.78 is 38.7. The summed E-state index contributed by atoms with van der Waals surface area (Å²) in [5, 5.41) is 0. The molecule has 1 fully saturated rings. The highest BCUT2D eigenvalue weighted by Gasteiger charge is 2.34. The van der Waals surface area contributed by atoms with Crippen LogP contribution >= 0.6 is 0 Å². The number of fused-ring (bicyclic) bond motifs is 2. The SMILES string of the molecule is C[C@H]1Cc2ccccc2N1C(=O)CN1CCN(S(=O)(=O)c2ccc3c(c2)OCCO3)CC1. The second-order valence-corrected chi connectivity index (χ2v) is 10.4. The van der Waals surface area contributed by atoms with Crippen LogP contribution in [0.3, 0.4) is 0 Å². The maximum Gasteiger partial charge on any atom is 0.243 e. The van der Waals surface area contributed by atoms with Crippen LogP contribution in [0.25, 0.3) is 0 Å². The van der Waals surface area contributed by atoms with Crippen molar-refractivity contribution in [3.63, 3.8) is 0 Å². The number of amides is 1. The van der Waals surface area contributed by atoms with E-state index in [9.17, 15) is 13.2 Å². The molecule has 1 saturated heterocycles. The van der Waals surface area contributed by atoms with Crippen molar-refractivity contribution < 1.29 is 22.7 Å². The van der Waals surface area contributed by atoms with Gasteiger partial charge >= 0.3 is 0 Å². The van der Waals surface area contributed by atoms with E-state index in [4.69, 9.17) is 9.47 Å². The van der Waals surface area contributed by atoms with Crippen molar-refractivity contribution in [1.82, 2.24) is 9.21 Å². The topological polar surface area (TPSA) is 79.4 Å². The number of para-hydroxylation sites is 1. The van der Waals surface area contributed by atoms with E-state index in [2.05, 4.69) is 13.0 Å². The van der Waals surface area contributed by atoms with E-state index in [1.54, 1.807) is 12.1 Å². The first-order valence-corrected chi connectivity index (χ1v) is 12.4. The molecule has 1 amide bonds. The molecule has 0 spiro atoms. The van der Waals surface area contributed by atoms with Crippen molar-refractivity contribution >= 4 is 21.6 Å². The maximum absolute atomic E-state index is 13.1. The van der Waals surface area contributed by atoms with Crippen LogP contribution in [0.5, 0.6) is 11.5 Å². The zero-order valence-electron chi connectivity index (χ0n) is 18.1. The first-order valence-electron chi connectivity index (χ1n) is 11.0. The molecule has 0 aromatic heterocycles. The third-order valence-corrected chi connectivity index (χ3v) is 8.21. The highest BCUT2D eigenvalue weighted by molar-refractivity contribution is 7.89. The summed E-state index contributed by atoms with van der Waals surface area (Å²) in [6.07, 6.45) is 0.865.